The minimum absolute atomic E-state index is 0.0145. The Labute approximate surface area is 170 Å². The van der Waals surface area contributed by atoms with Gasteiger partial charge in [0.2, 0.25) is 10.0 Å². The Hall–Kier alpha value is -1.44. The highest BCUT2D eigenvalue weighted by molar-refractivity contribution is 7.89. The molecular weight excluding hydrogens is 374 g/mol. The van der Waals surface area contributed by atoms with Gasteiger partial charge in [0, 0.05) is 30.6 Å². The summed E-state index contributed by atoms with van der Waals surface area (Å²) in [5.41, 5.74) is 0.465. The fourth-order valence-corrected chi connectivity index (χ4v) is 5.85. The largest absolute Gasteiger partial charge is 0.351 e. The number of sulfonamides is 1. The molecule has 1 saturated heterocycles. The van der Waals surface area contributed by atoms with Crippen LogP contribution in [0, 0.1) is 17.3 Å². The number of piperidine rings is 1. The Kier molecular flexibility index (Phi) is 7.28. The van der Waals surface area contributed by atoms with Gasteiger partial charge >= 0.3 is 0 Å². The fraction of sp³-hybridized carbons (Fsp3) is 0.667. The molecule has 1 aliphatic rings. The molecule has 0 spiro atoms. The van der Waals surface area contributed by atoms with Gasteiger partial charge in [-0.15, -0.1) is 0 Å². The Balaban J connectivity index is 2.05. The van der Waals surface area contributed by atoms with E-state index in [9.17, 15) is 13.2 Å². The van der Waals surface area contributed by atoms with Gasteiger partial charge in [0.25, 0.3) is 5.91 Å². The highest BCUT2D eigenvalue weighted by Crippen LogP contribution is 2.26. The Bertz CT molecular complexity index is 763. The van der Waals surface area contributed by atoms with E-state index in [0.29, 0.717) is 37.0 Å². The normalized spacial score (nSPS) is 21.7. The van der Waals surface area contributed by atoms with Crippen molar-refractivity contribution < 1.29 is 18.1 Å². The summed E-state index contributed by atoms with van der Waals surface area (Å²) in [5.74, 6) is 0.540. The van der Waals surface area contributed by atoms with Gasteiger partial charge < -0.3 is 10.2 Å². The summed E-state index contributed by atoms with van der Waals surface area (Å²) in [6, 6.07) is 6.29. The van der Waals surface area contributed by atoms with Crippen LogP contribution in [0.3, 0.4) is 0 Å². The minimum Gasteiger partial charge on any atom is -0.351 e. The number of amides is 1. The molecule has 2 N–H and O–H groups in total. The molecule has 158 valence electrons. The van der Waals surface area contributed by atoms with Crippen molar-refractivity contribution >= 4 is 15.9 Å². The molecule has 0 radical (unpaired) electrons. The molecule has 1 aliphatic heterocycles. The van der Waals surface area contributed by atoms with E-state index in [1.807, 2.05) is 0 Å². The molecule has 0 aliphatic carbocycles. The molecule has 0 bridgehead atoms. The topological polar surface area (TPSA) is 70.9 Å². The molecule has 1 amide bonds. The molecular formula is C21H36N3O3S+. The Morgan fingerprint density at radius 2 is 1.68 bits per heavy atom. The maximum Gasteiger partial charge on any atom is 0.251 e. The third-order valence-corrected chi connectivity index (χ3v) is 7.00. The van der Waals surface area contributed by atoms with Crippen molar-refractivity contribution in [1.29, 1.82) is 0 Å². The van der Waals surface area contributed by atoms with Crippen LogP contribution in [0.5, 0.6) is 0 Å². The summed E-state index contributed by atoms with van der Waals surface area (Å²) in [5, 5.41) is 2.97. The molecule has 1 heterocycles. The van der Waals surface area contributed by atoms with Crippen LogP contribution in [0.2, 0.25) is 0 Å². The van der Waals surface area contributed by atoms with E-state index in [1.54, 1.807) is 28.6 Å². The van der Waals surface area contributed by atoms with E-state index in [4.69, 9.17) is 0 Å². The van der Waals surface area contributed by atoms with Gasteiger partial charge in [0.15, 0.2) is 0 Å². The third kappa shape index (κ3) is 6.03. The zero-order valence-corrected chi connectivity index (χ0v) is 18.9. The number of nitrogens with zero attached hydrogens (tertiary/aromatic N) is 1. The Morgan fingerprint density at radius 3 is 2.18 bits per heavy atom. The molecule has 7 heteroatoms. The van der Waals surface area contributed by atoms with Crippen LogP contribution in [0.15, 0.2) is 29.2 Å². The highest BCUT2D eigenvalue weighted by atomic mass is 32.2. The lowest BCUT2D eigenvalue weighted by Crippen LogP contribution is -3.07. The number of rotatable bonds is 7. The Morgan fingerprint density at radius 1 is 1.14 bits per heavy atom. The zero-order valence-electron chi connectivity index (χ0n) is 18.1. The molecule has 2 rings (SSSR count). The van der Waals surface area contributed by atoms with Crippen molar-refractivity contribution in [2.45, 2.75) is 39.0 Å². The van der Waals surface area contributed by atoms with Gasteiger partial charge in [-0.2, -0.15) is 4.31 Å². The van der Waals surface area contributed by atoms with Crippen LogP contribution < -0.4 is 10.2 Å². The van der Waals surface area contributed by atoms with E-state index in [0.717, 1.165) is 13.0 Å². The number of hydrogen-bond acceptors (Lipinski definition) is 3. The lowest BCUT2D eigenvalue weighted by atomic mass is 9.93. The van der Waals surface area contributed by atoms with E-state index in [1.165, 1.54) is 4.90 Å². The lowest BCUT2D eigenvalue weighted by molar-refractivity contribution is -0.865. The van der Waals surface area contributed by atoms with Crippen molar-refractivity contribution in [3.8, 4) is 0 Å². The molecule has 0 unspecified atom stereocenters. The standard InChI is InChI=1S/C21H35N3O3S/c1-16-11-17(2)13-24(12-16)28(26,27)19-9-7-18(8-10-19)20(25)22-14-21(3,4)15-23(5)6/h7-10,16-17H,11-15H2,1-6H3,(H,22,25)/p+1/t16-,17-/m1/s1. The first-order valence-electron chi connectivity index (χ1n) is 10.1. The summed E-state index contributed by atoms with van der Waals surface area (Å²) >= 11 is 0. The molecule has 0 aromatic heterocycles. The first-order chi connectivity index (χ1) is 12.9. The van der Waals surface area contributed by atoms with E-state index >= 15 is 0 Å². The van der Waals surface area contributed by atoms with Crippen LogP contribution >= 0.6 is 0 Å². The van der Waals surface area contributed by atoms with E-state index < -0.39 is 10.0 Å². The number of carbonyl (C=O) groups is 1. The number of nitrogens with one attached hydrogen (secondary N) is 2. The second-order valence-electron chi connectivity index (χ2n) is 9.52. The number of quaternary nitrogens is 1. The monoisotopic (exact) mass is 410 g/mol. The maximum atomic E-state index is 12.9. The third-order valence-electron chi connectivity index (χ3n) is 5.15. The molecule has 2 atom stereocenters. The molecule has 1 aromatic carbocycles. The minimum atomic E-state index is -3.52. The highest BCUT2D eigenvalue weighted by Gasteiger charge is 2.31. The zero-order chi connectivity index (χ0) is 21.1. The SMILES string of the molecule is C[C@@H]1C[C@@H](C)CN(S(=O)(=O)c2ccc(C(=O)NCC(C)(C)C[NH+](C)C)cc2)C1. The smallest absolute Gasteiger partial charge is 0.251 e. The summed E-state index contributed by atoms with van der Waals surface area (Å²) in [6.45, 7) is 11.0. The van der Waals surface area contributed by atoms with Gasteiger partial charge in [0.1, 0.15) is 0 Å². The molecule has 0 saturated carbocycles. The second-order valence-corrected chi connectivity index (χ2v) is 11.5. The van der Waals surface area contributed by atoms with Gasteiger partial charge in [-0.3, -0.25) is 4.79 Å². The number of benzene rings is 1. The average Bonchev–Trinajstić information content (AvgIpc) is 2.58. The van der Waals surface area contributed by atoms with Crippen molar-refractivity contribution in [2.75, 3.05) is 40.3 Å². The van der Waals surface area contributed by atoms with Crippen molar-refractivity contribution in [3.05, 3.63) is 29.8 Å². The first kappa shape index (κ1) is 22.8. The summed E-state index contributed by atoms with van der Waals surface area (Å²) in [7, 11) is 0.659. The maximum absolute atomic E-state index is 12.9. The number of carbonyl (C=O) groups excluding carboxylic acids is 1. The molecule has 1 fully saturated rings. The second kappa shape index (κ2) is 8.93. The molecule has 28 heavy (non-hydrogen) atoms. The van der Waals surface area contributed by atoms with Crippen LogP contribution in [0.1, 0.15) is 44.5 Å². The average molecular weight is 411 g/mol. The van der Waals surface area contributed by atoms with Crippen LogP contribution in [0.4, 0.5) is 0 Å². The van der Waals surface area contributed by atoms with Crippen LogP contribution in [-0.4, -0.2) is 58.9 Å². The summed E-state index contributed by atoms with van der Waals surface area (Å²) in [6.07, 6.45) is 1.05. The van der Waals surface area contributed by atoms with E-state index in [2.05, 4.69) is 47.1 Å². The van der Waals surface area contributed by atoms with Gasteiger partial charge in [0.05, 0.1) is 25.5 Å². The lowest BCUT2D eigenvalue weighted by Gasteiger charge is -2.34. The van der Waals surface area contributed by atoms with Crippen LogP contribution in [0.25, 0.3) is 0 Å². The van der Waals surface area contributed by atoms with Gasteiger partial charge in [-0.25, -0.2) is 8.42 Å². The van der Waals surface area contributed by atoms with Crippen molar-refractivity contribution in [3.63, 3.8) is 0 Å². The molecule has 6 nitrogen and oxygen atoms in total. The fourth-order valence-electron chi connectivity index (χ4n) is 4.17. The van der Waals surface area contributed by atoms with Gasteiger partial charge in [-0.1, -0.05) is 27.7 Å². The summed E-state index contributed by atoms with van der Waals surface area (Å²) < 4.78 is 27.5. The van der Waals surface area contributed by atoms with E-state index in [-0.39, 0.29) is 16.2 Å². The van der Waals surface area contributed by atoms with Crippen molar-refractivity contribution in [2.24, 2.45) is 17.3 Å². The van der Waals surface area contributed by atoms with Crippen molar-refractivity contribution in [1.82, 2.24) is 9.62 Å². The van der Waals surface area contributed by atoms with Gasteiger partial charge in [-0.05, 0) is 42.5 Å². The predicted molar refractivity (Wildman–Crippen MR) is 112 cm³/mol. The predicted octanol–water partition coefficient (Wildman–Crippen LogP) is 1.25. The molecule has 1 aromatic rings. The quantitative estimate of drug-likeness (QED) is 0.711. The number of hydrogen-bond donors (Lipinski definition) is 2. The first-order valence-corrected chi connectivity index (χ1v) is 11.5. The van der Waals surface area contributed by atoms with Crippen LogP contribution in [-0.2, 0) is 10.0 Å². The summed E-state index contributed by atoms with van der Waals surface area (Å²) in [4.78, 5) is 14.0.